The number of hydrogen-bond acceptors (Lipinski definition) is 4. The molecule has 3 atom stereocenters. The number of phenolic OH excluding ortho intramolecular Hbond substituents is 1. The smallest absolute Gasteiger partial charge is 0.302 e. The Morgan fingerprint density at radius 2 is 2.17 bits per heavy atom. The van der Waals surface area contributed by atoms with Crippen LogP contribution in [0.2, 0.25) is 0 Å². The molecule has 0 spiro atoms. The molecule has 0 amide bonds. The zero-order valence-corrected chi connectivity index (χ0v) is 14.1. The molecule has 2 aliphatic carbocycles. The molecule has 0 radical (unpaired) electrons. The predicted molar refractivity (Wildman–Crippen MR) is 89.2 cm³/mol. The molecule has 1 saturated carbocycles. The molecule has 2 bridgehead atoms. The lowest BCUT2D eigenvalue weighted by atomic mass is 9.59. The number of fused-ring (bicyclic) bond motifs is 4. The summed E-state index contributed by atoms with van der Waals surface area (Å²) < 4.78 is 5.21. The van der Waals surface area contributed by atoms with Crippen molar-refractivity contribution in [3.63, 3.8) is 0 Å². The van der Waals surface area contributed by atoms with Crippen molar-refractivity contribution >= 4 is 5.97 Å². The van der Waals surface area contributed by atoms with E-state index < -0.39 is 0 Å². The molecule has 3 N–H and O–H groups in total. The lowest BCUT2D eigenvalue weighted by Crippen LogP contribution is -2.53. The van der Waals surface area contributed by atoms with Crippen molar-refractivity contribution < 1.29 is 14.6 Å². The molecule has 4 nitrogen and oxygen atoms in total. The minimum Gasteiger partial charge on any atom is -0.508 e. The summed E-state index contributed by atoms with van der Waals surface area (Å²) in [6, 6.07) is 3.74. The lowest BCUT2D eigenvalue weighted by Gasteiger charge is -2.48. The third-order valence-corrected chi connectivity index (χ3v) is 5.85. The van der Waals surface area contributed by atoms with E-state index in [-0.39, 0.29) is 29.8 Å². The molecule has 2 aliphatic rings. The molecule has 3 unspecified atom stereocenters. The molecular weight excluding hydrogens is 290 g/mol. The molecule has 126 valence electrons. The van der Waals surface area contributed by atoms with E-state index in [0.717, 1.165) is 30.4 Å². The van der Waals surface area contributed by atoms with Crippen LogP contribution in [0.3, 0.4) is 0 Å². The number of phenols is 1. The van der Waals surface area contributed by atoms with E-state index in [2.05, 4.69) is 6.92 Å². The van der Waals surface area contributed by atoms with Gasteiger partial charge in [0.2, 0.25) is 0 Å². The number of aromatic hydroxyl groups is 1. The van der Waals surface area contributed by atoms with Crippen LogP contribution in [0.4, 0.5) is 0 Å². The van der Waals surface area contributed by atoms with Gasteiger partial charge in [-0.25, -0.2) is 0 Å². The summed E-state index contributed by atoms with van der Waals surface area (Å²) in [6.07, 6.45) is 6.79. The highest BCUT2D eigenvalue weighted by molar-refractivity contribution is 5.66. The average Bonchev–Trinajstić information content (AvgIpc) is 2.49. The maximum Gasteiger partial charge on any atom is 0.302 e. The Kier molecular flexibility index (Phi) is 4.37. The van der Waals surface area contributed by atoms with Crippen molar-refractivity contribution in [1.82, 2.24) is 0 Å². The first-order chi connectivity index (χ1) is 10.9. The van der Waals surface area contributed by atoms with Gasteiger partial charge >= 0.3 is 5.97 Å². The van der Waals surface area contributed by atoms with Crippen molar-refractivity contribution in [2.45, 2.75) is 70.4 Å². The molecule has 23 heavy (non-hydrogen) atoms. The lowest BCUT2D eigenvalue weighted by molar-refractivity contribution is -0.142. The summed E-state index contributed by atoms with van der Waals surface area (Å²) >= 11 is 0. The van der Waals surface area contributed by atoms with E-state index in [1.54, 1.807) is 6.07 Å². The van der Waals surface area contributed by atoms with Crippen molar-refractivity contribution in [2.24, 2.45) is 11.7 Å². The summed E-state index contributed by atoms with van der Waals surface area (Å²) in [4.78, 5) is 11.2. The molecule has 1 aromatic carbocycles. The van der Waals surface area contributed by atoms with Crippen molar-refractivity contribution in [3.8, 4) is 5.75 Å². The van der Waals surface area contributed by atoms with Crippen LogP contribution in [0.1, 0.15) is 62.6 Å². The van der Waals surface area contributed by atoms with E-state index >= 15 is 0 Å². The molecule has 1 aromatic rings. The van der Waals surface area contributed by atoms with Gasteiger partial charge in [-0.3, -0.25) is 4.79 Å². The van der Waals surface area contributed by atoms with Crippen molar-refractivity contribution in [3.05, 3.63) is 28.8 Å². The Hall–Kier alpha value is -1.55. The summed E-state index contributed by atoms with van der Waals surface area (Å²) in [6.45, 7) is 3.88. The quantitative estimate of drug-likeness (QED) is 0.822. The topological polar surface area (TPSA) is 72.5 Å². The first kappa shape index (κ1) is 16.3. The van der Waals surface area contributed by atoms with Gasteiger partial charge in [-0.15, -0.1) is 0 Å². The number of hydrogen-bond donors (Lipinski definition) is 2. The van der Waals surface area contributed by atoms with Crippen molar-refractivity contribution in [2.75, 3.05) is 0 Å². The largest absolute Gasteiger partial charge is 0.508 e. The van der Waals surface area contributed by atoms with E-state index in [4.69, 9.17) is 10.5 Å². The average molecular weight is 317 g/mol. The Labute approximate surface area is 138 Å². The van der Waals surface area contributed by atoms with Crippen LogP contribution in [0.5, 0.6) is 5.75 Å². The predicted octanol–water partition coefficient (Wildman–Crippen LogP) is 3.18. The van der Waals surface area contributed by atoms with Crippen molar-refractivity contribution in [1.29, 1.82) is 0 Å². The maximum atomic E-state index is 11.2. The molecule has 3 rings (SSSR count). The number of carbonyl (C=O) groups excluding carboxylic acids is 1. The van der Waals surface area contributed by atoms with Crippen LogP contribution in [0, 0.1) is 5.92 Å². The van der Waals surface area contributed by atoms with Gasteiger partial charge in [-0.05, 0) is 54.0 Å². The molecule has 1 fully saturated rings. The van der Waals surface area contributed by atoms with Gasteiger partial charge in [0.05, 0.1) is 0 Å². The van der Waals surface area contributed by atoms with Crippen LogP contribution in [0.15, 0.2) is 12.1 Å². The Morgan fingerprint density at radius 3 is 2.91 bits per heavy atom. The van der Waals surface area contributed by atoms with Gasteiger partial charge in [0.15, 0.2) is 0 Å². The Morgan fingerprint density at radius 1 is 1.39 bits per heavy atom. The normalized spacial score (nSPS) is 30.0. The minimum atomic E-state index is -0.296. The highest BCUT2D eigenvalue weighted by Crippen LogP contribution is 2.47. The fourth-order valence-corrected chi connectivity index (χ4v) is 4.52. The molecule has 0 aliphatic heterocycles. The van der Waals surface area contributed by atoms with E-state index in [0.29, 0.717) is 5.92 Å². The maximum absolute atomic E-state index is 11.2. The van der Waals surface area contributed by atoms with E-state index in [1.165, 1.54) is 31.7 Å². The molecule has 4 heteroatoms. The first-order valence-corrected chi connectivity index (χ1v) is 8.66. The van der Waals surface area contributed by atoms with Crippen LogP contribution in [-0.2, 0) is 28.0 Å². The monoisotopic (exact) mass is 317 g/mol. The summed E-state index contributed by atoms with van der Waals surface area (Å²) in [5.41, 5.74) is 9.87. The van der Waals surface area contributed by atoms with Crippen LogP contribution in [0.25, 0.3) is 0 Å². The van der Waals surface area contributed by atoms with Gasteiger partial charge < -0.3 is 15.6 Å². The number of esters is 1. The van der Waals surface area contributed by atoms with E-state index in [1.807, 2.05) is 6.07 Å². The fraction of sp³-hybridized carbons (Fsp3) is 0.632. The second kappa shape index (κ2) is 6.16. The van der Waals surface area contributed by atoms with Gasteiger partial charge in [0.1, 0.15) is 12.4 Å². The third-order valence-electron chi connectivity index (χ3n) is 5.85. The summed E-state index contributed by atoms with van der Waals surface area (Å²) in [7, 11) is 0. The second-order valence-electron chi connectivity index (χ2n) is 7.42. The zero-order chi connectivity index (χ0) is 16.6. The molecule has 0 aromatic heterocycles. The first-order valence-electron chi connectivity index (χ1n) is 8.66. The standard InChI is InChI=1S/C19H27NO3/c1-12(21)23-11-14-8-15(22)10-17-16(14)9-13-6-4-3-5-7-19(17,2)18(13)20/h8,10,13,18,22H,3-7,9,11,20H2,1-2H3. The van der Waals surface area contributed by atoms with Gasteiger partial charge in [-0.1, -0.05) is 26.2 Å². The van der Waals surface area contributed by atoms with Crippen LogP contribution in [-0.4, -0.2) is 17.1 Å². The van der Waals surface area contributed by atoms with Gasteiger partial charge in [0, 0.05) is 18.4 Å². The highest BCUT2D eigenvalue weighted by atomic mass is 16.5. The minimum absolute atomic E-state index is 0.109. The zero-order valence-electron chi connectivity index (χ0n) is 14.1. The Balaban J connectivity index is 2.08. The molecule has 0 heterocycles. The second-order valence-corrected chi connectivity index (χ2v) is 7.42. The fourth-order valence-electron chi connectivity index (χ4n) is 4.52. The third kappa shape index (κ3) is 2.97. The number of ether oxygens (including phenoxy) is 1. The van der Waals surface area contributed by atoms with Gasteiger partial charge in [0.25, 0.3) is 0 Å². The van der Waals surface area contributed by atoms with Crippen LogP contribution < -0.4 is 5.73 Å². The number of benzene rings is 1. The van der Waals surface area contributed by atoms with Crippen LogP contribution >= 0.6 is 0 Å². The molecular formula is C19H27NO3. The summed E-state index contributed by atoms with van der Waals surface area (Å²) in [5, 5.41) is 10.2. The highest BCUT2D eigenvalue weighted by Gasteiger charge is 2.44. The number of carbonyl (C=O) groups is 1. The SMILES string of the molecule is CC(=O)OCc1cc(O)cc2c1CC1CCCCCC2(C)C1N. The van der Waals surface area contributed by atoms with Gasteiger partial charge in [-0.2, -0.15) is 0 Å². The number of rotatable bonds is 2. The number of nitrogens with two attached hydrogens (primary N) is 1. The molecule has 0 saturated heterocycles. The summed E-state index contributed by atoms with van der Waals surface area (Å²) in [5.74, 6) is 0.406. The Bertz CT molecular complexity index is 613. The van der Waals surface area contributed by atoms with E-state index in [9.17, 15) is 9.90 Å².